The zero-order chi connectivity index (χ0) is 16.1. The van der Waals surface area contributed by atoms with Crippen molar-refractivity contribution in [2.75, 3.05) is 21.3 Å². The minimum absolute atomic E-state index is 0.0124. The van der Waals surface area contributed by atoms with E-state index in [9.17, 15) is 5.11 Å². The second-order valence-corrected chi connectivity index (χ2v) is 7.79. The van der Waals surface area contributed by atoms with E-state index in [1.165, 1.54) is 12.8 Å². The monoisotopic (exact) mass is 313 g/mol. The smallest absolute Gasteiger partial charge is 0.116 e. The van der Waals surface area contributed by atoms with Gasteiger partial charge in [-0.1, -0.05) is 6.42 Å². The maximum Gasteiger partial charge on any atom is 0.116 e. The van der Waals surface area contributed by atoms with Crippen LogP contribution in [0.5, 0.6) is 0 Å². The van der Waals surface area contributed by atoms with E-state index in [1.54, 1.807) is 0 Å². The highest BCUT2D eigenvalue weighted by Crippen LogP contribution is 2.48. The Morgan fingerprint density at radius 3 is 2.45 bits per heavy atom. The maximum atomic E-state index is 10.4. The first-order valence-electron chi connectivity index (χ1n) is 8.53. The van der Waals surface area contributed by atoms with E-state index in [0.717, 1.165) is 12.8 Å². The molecule has 3 aliphatic rings. The van der Waals surface area contributed by atoms with Crippen LogP contribution in [0.4, 0.5) is 0 Å². The number of likely N-dealkylation sites (tertiary alicyclic amines) is 1. The van der Waals surface area contributed by atoms with Gasteiger partial charge in [-0.25, -0.2) is 0 Å². The third-order valence-electron chi connectivity index (χ3n) is 6.08. The molecule has 5 heteroatoms. The van der Waals surface area contributed by atoms with Gasteiger partial charge < -0.3 is 19.3 Å². The molecular weight excluding hydrogens is 282 g/mol. The molecule has 128 valence electrons. The van der Waals surface area contributed by atoms with E-state index in [2.05, 4.69) is 11.9 Å². The lowest BCUT2D eigenvalue weighted by Gasteiger charge is -2.53. The molecule has 3 rings (SSSR count). The largest absolute Gasteiger partial charge is 0.388 e. The molecule has 0 radical (unpaired) electrons. The van der Waals surface area contributed by atoms with Crippen molar-refractivity contribution in [1.29, 1.82) is 0 Å². The highest BCUT2D eigenvalue weighted by atomic mass is 16.5. The summed E-state index contributed by atoms with van der Waals surface area (Å²) in [7, 11) is 5.77. The molecule has 1 aliphatic carbocycles. The zero-order valence-corrected chi connectivity index (χ0v) is 14.5. The van der Waals surface area contributed by atoms with Gasteiger partial charge in [0.1, 0.15) is 6.23 Å². The summed E-state index contributed by atoms with van der Waals surface area (Å²) in [5.74, 6) is 0.808. The number of rotatable bonds is 3. The molecule has 0 spiro atoms. The Hall–Kier alpha value is -0.200. The Kier molecular flexibility index (Phi) is 4.56. The summed E-state index contributed by atoms with van der Waals surface area (Å²) in [5, 5.41) is 10.4. The SMILES string of the molecule is COC1CCCC2C(OC)C3CC(C(C)(C)O)OC3N(C)C12. The molecule has 7 atom stereocenters. The number of ether oxygens (including phenoxy) is 3. The van der Waals surface area contributed by atoms with Crippen LogP contribution in [-0.4, -0.2) is 67.5 Å². The van der Waals surface area contributed by atoms with Gasteiger partial charge in [0.05, 0.1) is 23.9 Å². The van der Waals surface area contributed by atoms with Crippen molar-refractivity contribution >= 4 is 0 Å². The van der Waals surface area contributed by atoms with Crippen molar-refractivity contribution in [2.24, 2.45) is 11.8 Å². The second kappa shape index (κ2) is 6.02. The summed E-state index contributed by atoms with van der Waals surface area (Å²) >= 11 is 0. The number of likely N-dealkylation sites (N-methyl/N-ethyl adjacent to an activating group) is 1. The fourth-order valence-corrected chi connectivity index (χ4v) is 5.03. The summed E-state index contributed by atoms with van der Waals surface area (Å²) in [5.41, 5.74) is -0.817. The van der Waals surface area contributed by atoms with Gasteiger partial charge in [-0.15, -0.1) is 0 Å². The molecule has 2 aliphatic heterocycles. The Bertz CT molecular complexity index is 397. The topological polar surface area (TPSA) is 51.2 Å². The molecule has 7 unspecified atom stereocenters. The van der Waals surface area contributed by atoms with Crippen LogP contribution >= 0.6 is 0 Å². The average Bonchev–Trinajstić information content (AvgIpc) is 2.92. The molecule has 0 aromatic rings. The van der Waals surface area contributed by atoms with Crippen LogP contribution in [0.25, 0.3) is 0 Å². The minimum Gasteiger partial charge on any atom is -0.388 e. The van der Waals surface area contributed by atoms with Gasteiger partial charge in [-0.2, -0.15) is 0 Å². The van der Waals surface area contributed by atoms with Crippen LogP contribution in [0.2, 0.25) is 0 Å². The molecule has 0 aromatic carbocycles. The van der Waals surface area contributed by atoms with Crippen molar-refractivity contribution in [3.05, 3.63) is 0 Å². The molecular formula is C17H31NO4. The van der Waals surface area contributed by atoms with Crippen molar-refractivity contribution in [3.63, 3.8) is 0 Å². The van der Waals surface area contributed by atoms with Gasteiger partial charge in [-0.3, -0.25) is 4.90 Å². The van der Waals surface area contributed by atoms with Crippen LogP contribution in [0.1, 0.15) is 39.5 Å². The van der Waals surface area contributed by atoms with Crippen molar-refractivity contribution < 1.29 is 19.3 Å². The highest BCUT2D eigenvalue weighted by molar-refractivity contribution is 5.05. The number of nitrogens with zero attached hydrogens (tertiary/aromatic N) is 1. The molecule has 2 heterocycles. The van der Waals surface area contributed by atoms with Crippen LogP contribution in [0.3, 0.4) is 0 Å². The summed E-state index contributed by atoms with van der Waals surface area (Å²) < 4.78 is 18.0. The number of hydrogen-bond acceptors (Lipinski definition) is 5. The predicted octanol–water partition coefficient (Wildman–Crippen LogP) is 1.63. The number of fused-ring (bicyclic) bond motifs is 2. The normalized spacial score (nSPS) is 46.4. The minimum atomic E-state index is -0.817. The number of piperidine rings is 1. The first-order valence-corrected chi connectivity index (χ1v) is 8.53. The summed E-state index contributed by atoms with van der Waals surface area (Å²) in [4.78, 5) is 2.35. The molecule has 0 amide bonds. The summed E-state index contributed by atoms with van der Waals surface area (Å²) in [6.07, 6.45) is 4.65. The third-order valence-corrected chi connectivity index (χ3v) is 6.08. The molecule has 0 aromatic heterocycles. The van der Waals surface area contributed by atoms with Gasteiger partial charge in [0.25, 0.3) is 0 Å². The van der Waals surface area contributed by atoms with E-state index in [-0.39, 0.29) is 24.5 Å². The zero-order valence-electron chi connectivity index (χ0n) is 14.5. The van der Waals surface area contributed by atoms with Crippen LogP contribution in [-0.2, 0) is 14.2 Å². The van der Waals surface area contributed by atoms with E-state index in [0.29, 0.717) is 17.9 Å². The number of methoxy groups -OCH3 is 2. The lowest BCUT2D eigenvalue weighted by atomic mass is 9.70. The van der Waals surface area contributed by atoms with Gasteiger partial charge in [-0.05, 0) is 40.2 Å². The predicted molar refractivity (Wildman–Crippen MR) is 83.6 cm³/mol. The molecule has 5 nitrogen and oxygen atoms in total. The second-order valence-electron chi connectivity index (χ2n) is 7.79. The summed E-state index contributed by atoms with van der Waals surface area (Å²) in [6, 6.07) is 0.338. The Morgan fingerprint density at radius 1 is 1.14 bits per heavy atom. The standard InChI is InChI=1S/C17H31NO4/c1-17(2,19)13-9-11-15(21-5)10-7-6-8-12(20-4)14(10)18(3)16(11)22-13/h10-16,19H,6-9H2,1-5H3. The van der Waals surface area contributed by atoms with Crippen LogP contribution < -0.4 is 0 Å². The first-order chi connectivity index (χ1) is 10.4. The summed E-state index contributed by atoms with van der Waals surface area (Å²) in [6.45, 7) is 3.67. The van der Waals surface area contributed by atoms with Gasteiger partial charge in [0.2, 0.25) is 0 Å². The van der Waals surface area contributed by atoms with Gasteiger partial charge in [0.15, 0.2) is 0 Å². The lowest BCUT2D eigenvalue weighted by Crippen LogP contribution is -2.64. The molecule has 1 saturated carbocycles. The quantitative estimate of drug-likeness (QED) is 0.858. The van der Waals surface area contributed by atoms with Crippen LogP contribution in [0, 0.1) is 11.8 Å². The fourth-order valence-electron chi connectivity index (χ4n) is 5.03. The first kappa shape index (κ1) is 16.7. The maximum absolute atomic E-state index is 10.4. The Morgan fingerprint density at radius 2 is 1.86 bits per heavy atom. The Labute approximate surface area is 133 Å². The average molecular weight is 313 g/mol. The molecule has 3 fully saturated rings. The molecule has 22 heavy (non-hydrogen) atoms. The van der Waals surface area contributed by atoms with Crippen molar-refractivity contribution in [3.8, 4) is 0 Å². The molecule has 0 bridgehead atoms. The number of aliphatic hydroxyl groups is 1. The molecule has 1 N–H and O–H groups in total. The lowest BCUT2D eigenvalue weighted by molar-refractivity contribution is -0.204. The van der Waals surface area contributed by atoms with E-state index in [1.807, 2.05) is 28.1 Å². The van der Waals surface area contributed by atoms with E-state index >= 15 is 0 Å². The van der Waals surface area contributed by atoms with Gasteiger partial charge >= 0.3 is 0 Å². The van der Waals surface area contributed by atoms with Crippen molar-refractivity contribution in [1.82, 2.24) is 4.90 Å². The Balaban J connectivity index is 1.88. The van der Waals surface area contributed by atoms with Gasteiger partial charge in [0, 0.05) is 32.1 Å². The third kappa shape index (κ3) is 2.61. The number of hydrogen-bond donors (Lipinski definition) is 1. The fraction of sp³-hybridized carbons (Fsp3) is 1.00. The van der Waals surface area contributed by atoms with Crippen molar-refractivity contribution in [2.45, 2.75) is 75.7 Å². The molecule has 2 saturated heterocycles. The van der Waals surface area contributed by atoms with E-state index < -0.39 is 5.60 Å². The highest BCUT2D eigenvalue weighted by Gasteiger charge is 2.57. The van der Waals surface area contributed by atoms with Crippen LogP contribution in [0.15, 0.2) is 0 Å². The van der Waals surface area contributed by atoms with E-state index in [4.69, 9.17) is 14.2 Å².